The van der Waals surface area contributed by atoms with E-state index in [9.17, 15) is 0 Å². The van der Waals surface area contributed by atoms with Crippen LogP contribution in [0, 0.1) is 0 Å². The molecule has 0 amide bonds. The fourth-order valence-corrected chi connectivity index (χ4v) is 4.47. The van der Waals surface area contributed by atoms with Crippen LogP contribution in [0.3, 0.4) is 0 Å². The van der Waals surface area contributed by atoms with Crippen molar-refractivity contribution in [3.8, 4) is 17.0 Å². The summed E-state index contributed by atoms with van der Waals surface area (Å²) in [5, 5.41) is 4.50. The fraction of sp³-hybridized carbons (Fsp3) is 0.192. The van der Waals surface area contributed by atoms with Gasteiger partial charge in [-0.15, -0.1) is 0 Å². The van der Waals surface area contributed by atoms with Crippen molar-refractivity contribution in [3.05, 3.63) is 107 Å². The van der Waals surface area contributed by atoms with Crippen LogP contribution in [0.1, 0.15) is 40.7 Å². The number of benzene rings is 3. The van der Waals surface area contributed by atoms with Gasteiger partial charge in [-0.25, -0.2) is 0 Å². The number of aromatic nitrogens is 1. The first kappa shape index (κ1) is 17.7. The molecule has 2 atom stereocenters. The third-order valence-corrected chi connectivity index (χ3v) is 5.94. The minimum absolute atomic E-state index is 0.258. The number of fused-ring (bicyclic) bond motifs is 1. The lowest BCUT2D eigenvalue weighted by Gasteiger charge is -2.29. The standard InChI is InChI=1S/C26H23NO2/c1-28-22-14-12-18(13-15-22)21-16-23(19-8-4-2-5-9-19)25-24(17-21)29-27-26(25)20-10-6-3-7-11-20/h2-15,21,23H,16-17H2,1H3. The van der Waals surface area contributed by atoms with E-state index in [0.29, 0.717) is 5.92 Å². The van der Waals surface area contributed by atoms with Gasteiger partial charge in [-0.2, -0.15) is 0 Å². The maximum absolute atomic E-state index is 5.92. The van der Waals surface area contributed by atoms with Crippen molar-refractivity contribution in [2.45, 2.75) is 24.7 Å². The smallest absolute Gasteiger partial charge is 0.141 e. The molecular weight excluding hydrogens is 358 g/mol. The SMILES string of the molecule is COc1ccc(C2Cc3onc(-c4ccccc4)c3C(c3ccccc3)C2)cc1. The molecule has 4 aromatic rings. The summed E-state index contributed by atoms with van der Waals surface area (Å²) in [6.45, 7) is 0. The average Bonchev–Trinajstić information content (AvgIpc) is 3.24. The van der Waals surface area contributed by atoms with E-state index in [1.807, 2.05) is 18.2 Å². The van der Waals surface area contributed by atoms with Gasteiger partial charge in [0.25, 0.3) is 0 Å². The van der Waals surface area contributed by atoms with Crippen molar-refractivity contribution in [2.75, 3.05) is 7.11 Å². The Labute approximate surface area is 171 Å². The lowest BCUT2D eigenvalue weighted by Crippen LogP contribution is -2.17. The zero-order valence-electron chi connectivity index (χ0n) is 16.4. The van der Waals surface area contributed by atoms with Crippen molar-refractivity contribution in [3.63, 3.8) is 0 Å². The molecule has 0 N–H and O–H groups in total. The number of hydrogen-bond acceptors (Lipinski definition) is 3. The Morgan fingerprint density at radius 1 is 0.828 bits per heavy atom. The van der Waals surface area contributed by atoms with Crippen LogP contribution in [0.5, 0.6) is 5.75 Å². The Morgan fingerprint density at radius 3 is 2.21 bits per heavy atom. The first-order valence-electron chi connectivity index (χ1n) is 10.1. The van der Waals surface area contributed by atoms with Gasteiger partial charge in [-0.3, -0.25) is 0 Å². The first-order chi connectivity index (χ1) is 14.3. The lowest BCUT2D eigenvalue weighted by atomic mass is 9.73. The van der Waals surface area contributed by atoms with Crippen LogP contribution in [-0.4, -0.2) is 12.3 Å². The van der Waals surface area contributed by atoms with Gasteiger partial charge in [0.05, 0.1) is 7.11 Å². The van der Waals surface area contributed by atoms with Crippen molar-refractivity contribution in [1.82, 2.24) is 5.16 Å². The molecule has 29 heavy (non-hydrogen) atoms. The predicted octanol–water partition coefficient (Wildman–Crippen LogP) is 6.21. The molecule has 144 valence electrons. The van der Waals surface area contributed by atoms with Gasteiger partial charge in [0.1, 0.15) is 17.2 Å². The monoisotopic (exact) mass is 381 g/mol. The number of methoxy groups -OCH3 is 1. The first-order valence-corrected chi connectivity index (χ1v) is 10.1. The highest BCUT2D eigenvalue weighted by Gasteiger charge is 2.35. The van der Waals surface area contributed by atoms with Crippen LogP contribution >= 0.6 is 0 Å². The van der Waals surface area contributed by atoms with E-state index in [1.54, 1.807) is 7.11 Å². The summed E-state index contributed by atoms with van der Waals surface area (Å²) in [5.41, 5.74) is 5.96. The van der Waals surface area contributed by atoms with Crippen LogP contribution in [0.4, 0.5) is 0 Å². The summed E-state index contributed by atoms with van der Waals surface area (Å²) < 4.78 is 11.2. The van der Waals surface area contributed by atoms with Gasteiger partial charge in [0.2, 0.25) is 0 Å². The highest BCUT2D eigenvalue weighted by Crippen LogP contribution is 2.47. The maximum Gasteiger partial charge on any atom is 0.141 e. The summed E-state index contributed by atoms with van der Waals surface area (Å²) in [5.74, 6) is 2.53. The summed E-state index contributed by atoms with van der Waals surface area (Å²) in [6, 6.07) is 29.5. The van der Waals surface area contributed by atoms with Crippen molar-refractivity contribution in [1.29, 1.82) is 0 Å². The summed E-state index contributed by atoms with van der Waals surface area (Å²) in [6.07, 6.45) is 1.90. The molecule has 3 nitrogen and oxygen atoms in total. The van der Waals surface area contributed by atoms with E-state index in [-0.39, 0.29) is 5.92 Å². The largest absolute Gasteiger partial charge is 0.497 e. The van der Waals surface area contributed by atoms with Crippen LogP contribution in [-0.2, 0) is 6.42 Å². The normalized spacial score (nSPS) is 18.2. The van der Waals surface area contributed by atoms with Gasteiger partial charge >= 0.3 is 0 Å². The van der Waals surface area contributed by atoms with Crippen molar-refractivity contribution in [2.24, 2.45) is 0 Å². The molecule has 0 spiro atoms. The van der Waals surface area contributed by atoms with Gasteiger partial charge in [0.15, 0.2) is 0 Å². The molecule has 0 saturated carbocycles. The van der Waals surface area contributed by atoms with E-state index < -0.39 is 0 Å². The minimum atomic E-state index is 0.258. The Kier molecular flexibility index (Phi) is 4.65. The number of nitrogens with zero attached hydrogens (tertiary/aromatic N) is 1. The molecule has 1 aliphatic carbocycles. The van der Waals surface area contributed by atoms with Gasteiger partial charge < -0.3 is 9.26 Å². The van der Waals surface area contributed by atoms with Gasteiger partial charge in [0, 0.05) is 23.5 Å². The van der Waals surface area contributed by atoms with E-state index in [4.69, 9.17) is 9.26 Å². The number of rotatable bonds is 4. The minimum Gasteiger partial charge on any atom is -0.497 e. The molecule has 3 aromatic carbocycles. The number of ether oxygens (including phenoxy) is 1. The Balaban J connectivity index is 1.59. The predicted molar refractivity (Wildman–Crippen MR) is 114 cm³/mol. The Hall–Kier alpha value is -3.33. The molecule has 1 aromatic heterocycles. The summed E-state index contributed by atoms with van der Waals surface area (Å²) in [4.78, 5) is 0. The Bertz CT molecular complexity index is 1080. The van der Waals surface area contributed by atoms with E-state index in [1.165, 1.54) is 16.7 Å². The molecule has 1 aliphatic rings. The zero-order valence-corrected chi connectivity index (χ0v) is 16.4. The second-order valence-electron chi connectivity index (χ2n) is 7.61. The van der Waals surface area contributed by atoms with E-state index in [2.05, 4.69) is 71.9 Å². The fourth-order valence-electron chi connectivity index (χ4n) is 4.47. The van der Waals surface area contributed by atoms with Crippen LogP contribution in [0.25, 0.3) is 11.3 Å². The molecule has 0 radical (unpaired) electrons. The molecule has 2 unspecified atom stereocenters. The molecule has 0 bridgehead atoms. The lowest BCUT2D eigenvalue weighted by molar-refractivity contribution is 0.357. The molecule has 0 aliphatic heterocycles. The van der Waals surface area contributed by atoms with E-state index in [0.717, 1.165) is 35.6 Å². The highest BCUT2D eigenvalue weighted by molar-refractivity contribution is 5.66. The molecule has 3 heteroatoms. The van der Waals surface area contributed by atoms with Crippen LogP contribution < -0.4 is 4.74 Å². The molecular formula is C26H23NO2. The molecule has 0 saturated heterocycles. The summed E-state index contributed by atoms with van der Waals surface area (Å²) >= 11 is 0. The van der Waals surface area contributed by atoms with Crippen LogP contribution in [0.15, 0.2) is 89.5 Å². The second-order valence-corrected chi connectivity index (χ2v) is 7.61. The van der Waals surface area contributed by atoms with Crippen molar-refractivity contribution >= 4 is 0 Å². The van der Waals surface area contributed by atoms with Crippen LogP contribution in [0.2, 0.25) is 0 Å². The van der Waals surface area contributed by atoms with Gasteiger partial charge in [-0.05, 0) is 35.6 Å². The Morgan fingerprint density at radius 2 is 1.52 bits per heavy atom. The van der Waals surface area contributed by atoms with E-state index >= 15 is 0 Å². The van der Waals surface area contributed by atoms with Crippen molar-refractivity contribution < 1.29 is 9.26 Å². The third kappa shape index (κ3) is 3.33. The third-order valence-electron chi connectivity index (χ3n) is 5.94. The molecule has 5 rings (SSSR count). The average molecular weight is 381 g/mol. The molecule has 1 heterocycles. The van der Waals surface area contributed by atoms with Gasteiger partial charge in [-0.1, -0.05) is 78.0 Å². The topological polar surface area (TPSA) is 35.3 Å². The maximum atomic E-state index is 5.92. The highest BCUT2D eigenvalue weighted by atomic mass is 16.5. The second kappa shape index (κ2) is 7.59. The zero-order chi connectivity index (χ0) is 19.6. The number of hydrogen-bond donors (Lipinski definition) is 0. The molecule has 0 fully saturated rings. The summed E-state index contributed by atoms with van der Waals surface area (Å²) in [7, 11) is 1.70. The quantitative estimate of drug-likeness (QED) is 0.421.